The second-order valence-electron chi connectivity index (χ2n) is 8.56. The Balaban J connectivity index is 1.49. The molecule has 178 valence electrons. The van der Waals surface area contributed by atoms with Gasteiger partial charge in [-0.1, -0.05) is 29.8 Å². The van der Waals surface area contributed by atoms with E-state index in [2.05, 4.69) is 15.1 Å². The van der Waals surface area contributed by atoms with Gasteiger partial charge in [0.2, 0.25) is 10.0 Å². The largest absolute Gasteiger partial charge is 0.322 e. The molecule has 1 aliphatic carbocycles. The van der Waals surface area contributed by atoms with Crippen LogP contribution in [0.3, 0.4) is 0 Å². The van der Waals surface area contributed by atoms with Crippen molar-refractivity contribution >= 4 is 21.6 Å². The maximum Gasteiger partial charge on any atom is 0.259 e. The van der Waals surface area contributed by atoms with Gasteiger partial charge in [-0.2, -0.15) is 5.10 Å². The normalized spacial score (nSPS) is 13.5. The van der Waals surface area contributed by atoms with Crippen LogP contribution in [0.2, 0.25) is 0 Å². The number of hydrogen-bond donors (Lipinski definition) is 2. The number of nitrogens with one attached hydrogen (secondary N) is 2. The van der Waals surface area contributed by atoms with Gasteiger partial charge in [0.05, 0.1) is 16.1 Å². The van der Waals surface area contributed by atoms with Gasteiger partial charge in [0.25, 0.3) is 5.91 Å². The Kier molecular flexibility index (Phi) is 5.96. The van der Waals surface area contributed by atoms with Crippen LogP contribution in [0, 0.1) is 12.7 Å². The molecule has 3 aromatic carbocycles. The fourth-order valence-corrected chi connectivity index (χ4v) is 5.05. The van der Waals surface area contributed by atoms with Crippen molar-refractivity contribution in [2.45, 2.75) is 30.7 Å². The summed E-state index contributed by atoms with van der Waals surface area (Å²) in [5.74, 6) is -0.816. The molecule has 7 nitrogen and oxygen atoms in total. The second-order valence-corrected chi connectivity index (χ2v) is 10.3. The standard InChI is InChI=1S/C26H23FN4O3S/c1-17-4-2-5-18(14-17)25-24(16-31(29-25)22-12-8-19(27)9-13-22)26(32)28-21-6-3-7-23(15-21)35(33,34)30-20-10-11-20/h2-9,12-16,20,30H,10-11H2,1H3,(H,28,32). The number of halogens is 1. The van der Waals surface area contributed by atoms with Crippen LogP contribution in [-0.2, 0) is 10.0 Å². The van der Waals surface area contributed by atoms with Gasteiger partial charge >= 0.3 is 0 Å². The Morgan fingerprint density at radius 3 is 2.49 bits per heavy atom. The van der Waals surface area contributed by atoms with E-state index in [1.54, 1.807) is 30.5 Å². The third kappa shape index (κ3) is 5.16. The number of sulfonamides is 1. The second kappa shape index (κ2) is 9.09. The van der Waals surface area contributed by atoms with Crippen LogP contribution in [0.25, 0.3) is 16.9 Å². The predicted molar refractivity (Wildman–Crippen MR) is 131 cm³/mol. The molecule has 35 heavy (non-hydrogen) atoms. The quantitative estimate of drug-likeness (QED) is 0.393. The SMILES string of the molecule is Cc1cccc(-c2nn(-c3ccc(F)cc3)cc2C(=O)Nc2cccc(S(=O)(=O)NC3CC3)c2)c1. The van der Waals surface area contributed by atoms with Gasteiger partial charge in [-0.05, 0) is 68.3 Å². The maximum absolute atomic E-state index is 13.4. The number of aromatic nitrogens is 2. The molecule has 0 spiro atoms. The summed E-state index contributed by atoms with van der Waals surface area (Å²) in [5, 5.41) is 7.40. The zero-order chi connectivity index (χ0) is 24.6. The summed E-state index contributed by atoms with van der Waals surface area (Å²) in [4.78, 5) is 13.4. The highest BCUT2D eigenvalue weighted by atomic mass is 32.2. The van der Waals surface area contributed by atoms with E-state index in [1.807, 2.05) is 31.2 Å². The third-order valence-electron chi connectivity index (χ3n) is 5.64. The highest BCUT2D eigenvalue weighted by Crippen LogP contribution is 2.27. The summed E-state index contributed by atoms with van der Waals surface area (Å²) in [5.41, 5.74) is 3.45. The first-order valence-electron chi connectivity index (χ1n) is 11.1. The molecule has 4 aromatic rings. The molecule has 0 atom stereocenters. The molecule has 0 radical (unpaired) electrons. The summed E-state index contributed by atoms with van der Waals surface area (Å²) in [7, 11) is -3.66. The van der Waals surface area contributed by atoms with E-state index < -0.39 is 15.9 Å². The molecule has 1 fully saturated rings. The highest BCUT2D eigenvalue weighted by Gasteiger charge is 2.28. The summed E-state index contributed by atoms with van der Waals surface area (Å²) in [6, 6.07) is 19.5. The van der Waals surface area contributed by atoms with Crippen molar-refractivity contribution < 1.29 is 17.6 Å². The van der Waals surface area contributed by atoms with Crippen LogP contribution in [-0.4, -0.2) is 30.1 Å². The van der Waals surface area contributed by atoms with Crippen molar-refractivity contribution in [1.29, 1.82) is 0 Å². The Hall–Kier alpha value is -3.82. The van der Waals surface area contributed by atoms with E-state index in [-0.39, 0.29) is 16.8 Å². The van der Waals surface area contributed by atoms with E-state index in [9.17, 15) is 17.6 Å². The molecule has 0 saturated heterocycles. The molecule has 1 amide bonds. The van der Waals surface area contributed by atoms with E-state index in [0.717, 1.165) is 24.0 Å². The molecular formula is C26H23FN4O3S. The smallest absolute Gasteiger partial charge is 0.259 e. The van der Waals surface area contributed by atoms with Crippen LogP contribution in [0.5, 0.6) is 0 Å². The minimum absolute atomic E-state index is 0.0209. The minimum Gasteiger partial charge on any atom is -0.322 e. The lowest BCUT2D eigenvalue weighted by molar-refractivity contribution is 0.102. The van der Waals surface area contributed by atoms with Crippen LogP contribution in [0.1, 0.15) is 28.8 Å². The van der Waals surface area contributed by atoms with E-state index >= 15 is 0 Å². The van der Waals surface area contributed by atoms with Crippen LogP contribution in [0.15, 0.2) is 83.9 Å². The van der Waals surface area contributed by atoms with Gasteiger partial charge in [0.1, 0.15) is 11.5 Å². The van der Waals surface area contributed by atoms with E-state index in [0.29, 0.717) is 22.6 Å². The molecule has 1 aliphatic rings. The summed E-state index contributed by atoms with van der Waals surface area (Å²) in [6.07, 6.45) is 3.24. The van der Waals surface area contributed by atoms with Crippen LogP contribution >= 0.6 is 0 Å². The molecule has 2 N–H and O–H groups in total. The van der Waals surface area contributed by atoms with Crippen molar-refractivity contribution in [2.75, 3.05) is 5.32 Å². The van der Waals surface area contributed by atoms with Crippen molar-refractivity contribution in [1.82, 2.24) is 14.5 Å². The highest BCUT2D eigenvalue weighted by molar-refractivity contribution is 7.89. The number of anilines is 1. The summed E-state index contributed by atoms with van der Waals surface area (Å²) in [6.45, 7) is 1.95. The Morgan fingerprint density at radius 2 is 1.77 bits per heavy atom. The zero-order valence-corrected chi connectivity index (χ0v) is 19.7. The molecule has 0 aliphatic heterocycles. The zero-order valence-electron chi connectivity index (χ0n) is 18.9. The number of benzene rings is 3. The van der Waals surface area contributed by atoms with Gasteiger partial charge < -0.3 is 5.32 Å². The number of carbonyl (C=O) groups is 1. The van der Waals surface area contributed by atoms with Crippen LogP contribution < -0.4 is 10.0 Å². The lowest BCUT2D eigenvalue weighted by Gasteiger charge is -2.09. The lowest BCUT2D eigenvalue weighted by Crippen LogP contribution is -2.25. The maximum atomic E-state index is 13.4. The number of aryl methyl sites for hydroxylation is 1. The molecule has 1 aromatic heterocycles. The number of carbonyl (C=O) groups excluding carboxylic acids is 1. The van der Waals surface area contributed by atoms with Gasteiger partial charge in [-0.3, -0.25) is 4.79 Å². The molecular weight excluding hydrogens is 467 g/mol. The van der Waals surface area contributed by atoms with Gasteiger partial charge in [0.15, 0.2) is 0 Å². The summed E-state index contributed by atoms with van der Waals surface area (Å²) >= 11 is 0. The molecule has 0 unspecified atom stereocenters. The van der Waals surface area contributed by atoms with E-state index in [1.165, 1.54) is 28.9 Å². The molecule has 9 heteroatoms. The average molecular weight is 491 g/mol. The number of amides is 1. The fraction of sp³-hybridized carbons (Fsp3) is 0.154. The predicted octanol–water partition coefficient (Wildman–Crippen LogP) is 4.68. The number of rotatable bonds is 7. The van der Waals surface area contributed by atoms with Gasteiger partial charge in [-0.15, -0.1) is 0 Å². The minimum atomic E-state index is -3.66. The topological polar surface area (TPSA) is 93.1 Å². The van der Waals surface area contributed by atoms with Gasteiger partial charge in [0, 0.05) is 23.5 Å². The monoisotopic (exact) mass is 490 g/mol. The molecule has 0 bridgehead atoms. The first-order chi connectivity index (χ1) is 16.8. The number of nitrogens with zero attached hydrogens (tertiary/aromatic N) is 2. The fourth-order valence-electron chi connectivity index (χ4n) is 3.70. The van der Waals surface area contributed by atoms with Crippen molar-refractivity contribution in [3.8, 4) is 16.9 Å². The van der Waals surface area contributed by atoms with Crippen molar-refractivity contribution in [3.63, 3.8) is 0 Å². The molecule has 1 heterocycles. The van der Waals surface area contributed by atoms with Crippen molar-refractivity contribution in [3.05, 3.63) is 95.9 Å². The van der Waals surface area contributed by atoms with Crippen molar-refractivity contribution in [2.24, 2.45) is 0 Å². The average Bonchev–Trinajstić information content (AvgIpc) is 3.52. The summed E-state index contributed by atoms with van der Waals surface area (Å²) < 4.78 is 42.7. The van der Waals surface area contributed by atoms with E-state index in [4.69, 9.17) is 0 Å². The first kappa shape index (κ1) is 22.9. The lowest BCUT2D eigenvalue weighted by atomic mass is 10.1. The van der Waals surface area contributed by atoms with Gasteiger partial charge in [-0.25, -0.2) is 22.2 Å². The first-order valence-corrected chi connectivity index (χ1v) is 12.6. The number of hydrogen-bond acceptors (Lipinski definition) is 4. The Bertz CT molecular complexity index is 1510. The Morgan fingerprint density at radius 1 is 1.03 bits per heavy atom. The third-order valence-corrected chi connectivity index (χ3v) is 7.16. The molecule has 1 saturated carbocycles. The molecule has 5 rings (SSSR count). The Labute approximate surface area is 202 Å². The van der Waals surface area contributed by atoms with Crippen LogP contribution in [0.4, 0.5) is 10.1 Å².